The molecule has 2 aliphatic heterocycles. The highest BCUT2D eigenvalue weighted by molar-refractivity contribution is 5.98. The molecule has 8 nitrogen and oxygen atoms in total. The number of carbonyl (C=O) groups excluding carboxylic acids is 3. The Morgan fingerprint density at radius 2 is 1.92 bits per heavy atom. The van der Waals surface area contributed by atoms with Crippen LogP contribution in [0.15, 0.2) is 24.3 Å². The van der Waals surface area contributed by atoms with Crippen LogP contribution in [0.5, 0.6) is 0 Å². The lowest BCUT2D eigenvalue weighted by Crippen LogP contribution is -2.71. The molecule has 0 spiro atoms. The Bertz CT molecular complexity index is 751. The molecule has 3 unspecified atom stereocenters. The van der Waals surface area contributed by atoms with E-state index in [1.165, 1.54) is 31.2 Å². The van der Waals surface area contributed by atoms with Crippen molar-refractivity contribution in [2.45, 2.75) is 31.6 Å². The summed E-state index contributed by atoms with van der Waals surface area (Å²) in [5.41, 5.74) is 0.586. The minimum Gasteiger partial charge on any atom is -0.478 e. The van der Waals surface area contributed by atoms with Crippen molar-refractivity contribution in [1.29, 1.82) is 0 Å². The molecular weight excluding hydrogens is 333 g/mol. The second-order valence-corrected chi connectivity index (χ2v) is 6.04. The summed E-state index contributed by atoms with van der Waals surface area (Å²) in [6.07, 6.45) is -1.37. The molecule has 2 heterocycles. The molecule has 2 N–H and O–H groups in total. The Balaban J connectivity index is 1.66. The molecule has 132 valence electrons. The lowest BCUT2D eigenvalue weighted by atomic mass is 9.96. The Hall–Kier alpha value is -2.97. The van der Waals surface area contributed by atoms with Gasteiger partial charge >= 0.3 is 5.97 Å². The lowest BCUT2D eigenvalue weighted by Gasteiger charge is -2.43. The number of benzene rings is 1. The molecule has 0 saturated carbocycles. The molecule has 2 fully saturated rings. The molecule has 0 radical (unpaired) electrons. The molecule has 3 rings (SSSR count). The van der Waals surface area contributed by atoms with Gasteiger partial charge in [0.25, 0.3) is 0 Å². The number of hydrogen-bond acceptors (Lipinski definition) is 4. The number of β-lactam (4-membered cyclic amide) rings is 1. The normalized spacial score (nSPS) is 24.6. The summed E-state index contributed by atoms with van der Waals surface area (Å²) >= 11 is 0. The van der Waals surface area contributed by atoms with Crippen molar-refractivity contribution in [3.05, 3.63) is 35.6 Å². The van der Waals surface area contributed by atoms with Gasteiger partial charge in [-0.25, -0.2) is 9.18 Å². The van der Waals surface area contributed by atoms with Crippen LogP contribution in [0.3, 0.4) is 0 Å². The van der Waals surface area contributed by atoms with Crippen molar-refractivity contribution < 1.29 is 28.7 Å². The number of hydrogen-bond donors (Lipinski definition) is 2. The van der Waals surface area contributed by atoms with Crippen molar-refractivity contribution in [2.75, 3.05) is 6.54 Å². The first kappa shape index (κ1) is 16.9. The topological polar surface area (TPSA) is 107 Å². The number of amides is 3. The van der Waals surface area contributed by atoms with Crippen LogP contribution in [0.1, 0.15) is 12.5 Å². The highest BCUT2D eigenvalue weighted by Gasteiger charge is 2.60. The van der Waals surface area contributed by atoms with E-state index in [0.29, 0.717) is 5.56 Å². The largest absolute Gasteiger partial charge is 0.478 e. The molecule has 3 atom stereocenters. The number of carboxylic acid groups (broad SMARTS) is 1. The number of halogens is 1. The van der Waals surface area contributed by atoms with Gasteiger partial charge in [0.2, 0.25) is 23.9 Å². The Morgan fingerprint density at radius 1 is 1.28 bits per heavy atom. The fourth-order valence-electron chi connectivity index (χ4n) is 3.24. The first-order valence-corrected chi connectivity index (χ1v) is 7.65. The van der Waals surface area contributed by atoms with Crippen molar-refractivity contribution in [3.63, 3.8) is 0 Å². The number of carbonyl (C=O) groups is 4. The smallest absolute Gasteiger partial charge is 0.347 e. The molecular formula is C16H16FN3O5. The average Bonchev–Trinajstić information content (AvgIpc) is 2.91. The predicted octanol–water partition coefficient (Wildman–Crippen LogP) is -0.663. The number of carboxylic acids is 1. The van der Waals surface area contributed by atoms with Crippen LogP contribution in [0.25, 0.3) is 0 Å². The number of rotatable bonds is 4. The molecule has 25 heavy (non-hydrogen) atoms. The maximum Gasteiger partial charge on any atom is 0.347 e. The summed E-state index contributed by atoms with van der Waals surface area (Å²) < 4.78 is 12.9. The molecule has 3 amide bonds. The summed E-state index contributed by atoms with van der Waals surface area (Å²) in [6.45, 7) is 1.29. The van der Waals surface area contributed by atoms with Crippen LogP contribution in [0.2, 0.25) is 0 Å². The van der Waals surface area contributed by atoms with E-state index in [0.717, 1.165) is 9.80 Å². The quantitative estimate of drug-likeness (QED) is 0.702. The molecule has 9 heteroatoms. The molecule has 2 aliphatic rings. The molecule has 1 aromatic carbocycles. The molecule has 0 aliphatic carbocycles. The van der Waals surface area contributed by atoms with Gasteiger partial charge in [-0.1, -0.05) is 12.1 Å². The zero-order chi connectivity index (χ0) is 18.3. The van der Waals surface area contributed by atoms with Crippen LogP contribution in [-0.2, 0) is 25.6 Å². The van der Waals surface area contributed by atoms with Gasteiger partial charge in [-0.15, -0.1) is 0 Å². The second-order valence-electron chi connectivity index (χ2n) is 6.04. The minimum absolute atomic E-state index is 0.0322. The van der Waals surface area contributed by atoms with E-state index in [1.807, 2.05) is 0 Å². The van der Waals surface area contributed by atoms with Gasteiger partial charge in [0.1, 0.15) is 11.9 Å². The van der Waals surface area contributed by atoms with E-state index >= 15 is 0 Å². The fourth-order valence-corrected chi connectivity index (χ4v) is 3.24. The van der Waals surface area contributed by atoms with Crippen LogP contribution < -0.4 is 5.32 Å². The fraction of sp³-hybridized carbons (Fsp3) is 0.375. The number of nitrogens with one attached hydrogen (secondary N) is 1. The van der Waals surface area contributed by atoms with Crippen molar-refractivity contribution >= 4 is 23.7 Å². The number of nitrogens with zero attached hydrogens (tertiary/aromatic N) is 2. The maximum absolute atomic E-state index is 12.9. The highest BCUT2D eigenvalue weighted by Crippen LogP contribution is 2.32. The second kappa shape index (κ2) is 6.15. The standard InChI is InChI=1S/C16H16FN3O5/c1-8(21)19-7-11-13(15(23)20(11)14(19)16(24)25)18-12(22)6-9-2-4-10(17)5-3-9/h2-5,11,13-14H,6-7H2,1H3,(H,18,22)(H,24,25). The third-order valence-electron chi connectivity index (χ3n) is 4.42. The maximum atomic E-state index is 12.9. The first-order valence-electron chi connectivity index (χ1n) is 7.65. The average molecular weight is 349 g/mol. The zero-order valence-electron chi connectivity index (χ0n) is 13.3. The zero-order valence-corrected chi connectivity index (χ0v) is 13.3. The van der Waals surface area contributed by atoms with E-state index in [-0.39, 0.29) is 13.0 Å². The molecule has 1 aromatic rings. The molecule has 0 bridgehead atoms. The number of fused-ring (bicyclic) bond motifs is 1. The van der Waals surface area contributed by atoms with Gasteiger partial charge in [-0.3, -0.25) is 14.4 Å². The van der Waals surface area contributed by atoms with Gasteiger partial charge in [0.05, 0.1) is 12.5 Å². The van der Waals surface area contributed by atoms with E-state index in [2.05, 4.69) is 5.32 Å². The minimum atomic E-state index is -1.33. The van der Waals surface area contributed by atoms with Crippen molar-refractivity contribution in [1.82, 2.24) is 15.1 Å². The summed E-state index contributed by atoms with van der Waals surface area (Å²) in [5.74, 6) is -3.12. The van der Waals surface area contributed by atoms with Gasteiger partial charge in [0, 0.05) is 13.5 Å². The first-order chi connectivity index (χ1) is 11.8. The van der Waals surface area contributed by atoms with Crippen LogP contribution in [-0.4, -0.2) is 63.4 Å². The Morgan fingerprint density at radius 3 is 2.48 bits per heavy atom. The SMILES string of the molecule is CC(=O)N1CC2C(NC(=O)Cc3ccc(F)cc3)C(=O)N2C1C(=O)O. The predicted molar refractivity (Wildman–Crippen MR) is 81.5 cm³/mol. The third kappa shape index (κ3) is 2.92. The monoisotopic (exact) mass is 349 g/mol. The van der Waals surface area contributed by atoms with E-state index in [4.69, 9.17) is 0 Å². The summed E-state index contributed by atoms with van der Waals surface area (Å²) in [4.78, 5) is 49.4. The van der Waals surface area contributed by atoms with Crippen LogP contribution >= 0.6 is 0 Å². The third-order valence-corrected chi connectivity index (χ3v) is 4.42. The van der Waals surface area contributed by atoms with Gasteiger partial charge in [-0.05, 0) is 17.7 Å². The van der Waals surface area contributed by atoms with Crippen LogP contribution in [0, 0.1) is 5.82 Å². The lowest BCUT2D eigenvalue weighted by molar-refractivity contribution is -0.165. The van der Waals surface area contributed by atoms with E-state index in [1.54, 1.807) is 0 Å². The van der Waals surface area contributed by atoms with Gasteiger partial charge in [0.15, 0.2) is 0 Å². The van der Waals surface area contributed by atoms with E-state index < -0.39 is 47.8 Å². The molecule has 0 aromatic heterocycles. The number of aliphatic carboxylic acids is 1. The Labute approximate surface area is 142 Å². The summed E-state index contributed by atoms with van der Waals surface area (Å²) in [7, 11) is 0. The molecule has 2 saturated heterocycles. The summed E-state index contributed by atoms with van der Waals surface area (Å²) in [5, 5.41) is 11.8. The summed E-state index contributed by atoms with van der Waals surface area (Å²) in [6, 6.07) is 3.99. The Kier molecular flexibility index (Phi) is 4.15. The highest BCUT2D eigenvalue weighted by atomic mass is 19.1. The van der Waals surface area contributed by atoms with Gasteiger partial charge < -0.3 is 20.2 Å². The van der Waals surface area contributed by atoms with Crippen molar-refractivity contribution in [3.8, 4) is 0 Å². The van der Waals surface area contributed by atoms with E-state index in [9.17, 15) is 28.7 Å². The van der Waals surface area contributed by atoms with Gasteiger partial charge in [-0.2, -0.15) is 0 Å². The van der Waals surface area contributed by atoms with Crippen LogP contribution in [0.4, 0.5) is 4.39 Å². The van der Waals surface area contributed by atoms with Crippen molar-refractivity contribution in [2.24, 2.45) is 0 Å².